The summed E-state index contributed by atoms with van der Waals surface area (Å²) < 4.78 is 18.3. The van der Waals surface area contributed by atoms with E-state index in [4.69, 9.17) is 10.5 Å². The van der Waals surface area contributed by atoms with Gasteiger partial charge in [-0.3, -0.25) is 14.5 Å². The number of amides is 1. The summed E-state index contributed by atoms with van der Waals surface area (Å²) in [5.41, 5.74) is 5.49. The fourth-order valence-electron chi connectivity index (χ4n) is 2.51. The van der Waals surface area contributed by atoms with E-state index >= 15 is 0 Å². The number of likely N-dealkylation sites (tertiary alicyclic amines) is 1. The summed E-state index contributed by atoms with van der Waals surface area (Å²) in [4.78, 5) is 25.3. The molecule has 2 N–H and O–H groups in total. The van der Waals surface area contributed by atoms with E-state index in [1.54, 1.807) is 4.90 Å². The van der Waals surface area contributed by atoms with Crippen LogP contribution < -0.4 is 10.5 Å². The molecule has 0 radical (unpaired) electrons. The first kappa shape index (κ1) is 14.5. The summed E-state index contributed by atoms with van der Waals surface area (Å²) in [5.74, 6) is -0.885. The van der Waals surface area contributed by atoms with E-state index in [0.717, 1.165) is 12.5 Å². The molecular formula is C14H17FN2O3. The molecule has 1 fully saturated rings. The molecule has 1 aromatic carbocycles. The van der Waals surface area contributed by atoms with Crippen molar-refractivity contribution in [2.45, 2.75) is 18.9 Å². The van der Waals surface area contributed by atoms with Gasteiger partial charge in [0, 0.05) is 0 Å². The van der Waals surface area contributed by atoms with E-state index in [9.17, 15) is 14.0 Å². The van der Waals surface area contributed by atoms with E-state index < -0.39 is 17.8 Å². The zero-order valence-corrected chi connectivity index (χ0v) is 11.3. The molecule has 2 rings (SSSR count). The van der Waals surface area contributed by atoms with Crippen LogP contribution in [-0.4, -0.2) is 42.8 Å². The number of carbonyl (C=O) groups is 2. The van der Waals surface area contributed by atoms with Crippen molar-refractivity contribution >= 4 is 11.7 Å². The van der Waals surface area contributed by atoms with Crippen LogP contribution in [0.3, 0.4) is 0 Å². The van der Waals surface area contributed by atoms with Crippen LogP contribution in [0.1, 0.15) is 23.2 Å². The average Bonchev–Trinajstić information content (AvgIpc) is 2.87. The first-order valence-electron chi connectivity index (χ1n) is 6.43. The van der Waals surface area contributed by atoms with E-state index in [1.165, 1.54) is 19.2 Å². The van der Waals surface area contributed by atoms with Crippen LogP contribution >= 0.6 is 0 Å². The highest BCUT2D eigenvalue weighted by Gasteiger charge is 2.31. The first-order valence-corrected chi connectivity index (χ1v) is 6.43. The van der Waals surface area contributed by atoms with Crippen LogP contribution in [0.5, 0.6) is 5.75 Å². The van der Waals surface area contributed by atoms with Gasteiger partial charge in [0.2, 0.25) is 5.91 Å². The second kappa shape index (κ2) is 6.00. The number of Topliss-reactive ketones (excluding diaryl/α,β-unsaturated/α-hetero) is 1. The second-order valence-corrected chi connectivity index (χ2v) is 4.80. The summed E-state index contributed by atoms with van der Waals surface area (Å²) in [6, 6.07) is 3.38. The highest BCUT2D eigenvalue weighted by atomic mass is 19.1. The molecule has 1 atom stereocenters. The number of ether oxygens (including phenoxy) is 1. The zero-order chi connectivity index (χ0) is 14.7. The fourth-order valence-corrected chi connectivity index (χ4v) is 2.51. The molecule has 20 heavy (non-hydrogen) atoms. The van der Waals surface area contributed by atoms with Gasteiger partial charge in [-0.25, -0.2) is 4.39 Å². The summed E-state index contributed by atoms with van der Waals surface area (Å²) in [5, 5.41) is 0. The molecule has 0 spiro atoms. The van der Waals surface area contributed by atoms with Gasteiger partial charge in [0.05, 0.1) is 25.3 Å². The highest BCUT2D eigenvalue weighted by Crippen LogP contribution is 2.22. The molecule has 1 aromatic rings. The van der Waals surface area contributed by atoms with Crippen molar-refractivity contribution in [1.82, 2.24) is 4.90 Å². The molecule has 1 saturated heterocycles. The van der Waals surface area contributed by atoms with Crippen LogP contribution in [0.25, 0.3) is 0 Å². The smallest absolute Gasteiger partial charge is 0.234 e. The number of benzene rings is 1. The number of carbonyl (C=O) groups excluding carboxylic acids is 2. The van der Waals surface area contributed by atoms with Crippen molar-refractivity contribution in [3.63, 3.8) is 0 Å². The van der Waals surface area contributed by atoms with E-state index in [1.807, 2.05) is 0 Å². The number of nitrogens with two attached hydrogens (primary N) is 1. The Bertz CT molecular complexity index is 533. The van der Waals surface area contributed by atoms with Crippen LogP contribution in [0.15, 0.2) is 18.2 Å². The number of rotatable bonds is 5. The lowest BCUT2D eigenvalue weighted by atomic mass is 10.1. The van der Waals surface area contributed by atoms with Gasteiger partial charge in [-0.1, -0.05) is 0 Å². The molecular weight excluding hydrogens is 263 g/mol. The minimum Gasteiger partial charge on any atom is -0.496 e. The minimum absolute atomic E-state index is 0.0351. The van der Waals surface area contributed by atoms with Crippen molar-refractivity contribution in [3.8, 4) is 5.75 Å². The molecule has 1 amide bonds. The van der Waals surface area contributed by atoms with Gasteiger partial charge >= 0.3 is 0 Å². The second-order valence-electron chi connectivity index (χ2n) is 4.80. The standard InChI is InChI=1S/C14H17FN2O3/c1-20-13-5-4-9(15)7-10(13)12(18)8-17-6-2-3-11(17)14(16)19/h4-5,7,11H,2-3,6,8H2,1H3,(H2,16,19). The van der Waals surface area contributed by atoms with E-state index in [0.29, 0.717) is 18.7 Å². The number of ketones is 1. The third kappa shape index (κ3) is 2.96. The van der Waals surface area contributed by atoms with Gasteiger partial charge in [-0.15, -0.1) is 0 Å². The molecule has 6 heteroatoms. The normalized spacial score (nSPS) is 19.0. The van der Waals surface area contributed by atoms with Crippen molar-refractivity contribution in [1.29, 1.82) is 0 Å². The molecule has 5 nitrogen and oxygen atoms in total. The Kier molecular flexibility index (Phi) is 4.34. The zero-order valence-electron chi connectivity index (χ0n) is 11.3. The topological polar surface area (TPSA) is 72.6 Å². The number of hydrogen-bond acceptors (Lipinski definition) is 4. The van der Waals surface area contributed by atoms with Gasteiger partial charge in [0.1, 0.15) is 11.6 Å². The van der Waals surface area contributed by atoms with Gasteiger partial charge in [0.15, 0.2) is 5.78 Å². The Morgan fingerprint density at radius 3 is 2.90 bits per heavy atom. The van der Waals surface area contributed by atoms with Crippen molar-refractivity contribution in [2.75, 3.05) is 20.2 Å². The number of nitrogens with zero attached hydrogens (tertiary/aromatic N) is 1. The van der Waals surface area contributed by atoms with Crippen molar-refractivity contribution in [3.05, 3.63) is 29.6 Å². The summed E-state index contributed by atoms with van der Waals surface area (Å²) in [6.07, 6.45) is 1.48. The Morgan fingerprint density at radius 1 is 1.50 bits per heavy atom. The third-order valence-corrected chi connectivity index (χ3v) is 3.50. The van der Waals surface area contributed by atoms with Crippen LogP contribution in [-0.2, 0) is 4.79 Å². The minimum atomic E-state index is -0.498. The molecule has 1 aliphatic heterocycles. The Hall–Kier alpha value is -1.95. The summed E-state index contributed by atoms with van der Waals surface area (Å²) >= 11 is 0. The lowest BCUT2D eigenvalue weighted by Crippen LogP contribution is -2.42. The predicted molar refractivity (Wildman–Crippen MR) is 71.1 cm³/mol. The summed E-state index contributed by atoms with van der Waals surface area (Å²) in [6.45, 7) is 0.671. The van der Waals surface area contributed by atoms with Crippen LogP contribution in [0, 0.1) is 5.82 Å². The van der Waals surface area contributed by atoms with E-state index in [-0.39, 0.29) is 17.9 Å². The molecule has 0 bridgehead atoms. The maximum absolute atomic E-state index is 13.3. The maximum atomic E-state index is 13.3. The Balaban J connectivity index is 2.16. The predicted octanol–water partition coefficient (Wildman–Crippen LogP) is 0.967. The average molecular weight is 280 g/mol. The molecule has 0 aromatic heterocycles. The third-order valence-electron chi connectivity index (χ3n) is 3.50. The lowest BCUT2D eigenvalue weighted by Gasteiger charge is -2.21. The van der Waals surface area contributed by atoms with Crippen LogP contribution in [0.2, 0.25) is 0 Å². The number of primary amides is 1. The quantitative estimate of drug-likeness (QED) is 0.816. The van der Waals surface area contributed by atoms with Crippen molar-refractivity contribution in [2.24, 2.45) is 5.73 Å². The fraction of sp³-hybridized carbons (Fsp3) is 0.429. The Labute approximate surface area is 116 Å². The van der Waals surface area contributed by atoms with E-state index in [2.05, 4.69) is 0 Å². The Morgan fingerprint density at radius 2 is 2.25 bits per heavy atom. The summed E-state index contributed by atoms with van der Waals surface area (Å²) in [7, 11) is 1.42. The SMILES string of the molecule is COc1ccc(F)cc1C(=O)CN1CCCC1C(N)=O. The monoisotopic (exact) mass is 280 g/mol. The van der Waals surface area contributed by atoms with Gasteiger partial charge in [-0.2, -0.15) is 0 Å². The van der Waals surface area contributed by atoms with Crippen LogP contribution in [0.4, 0.5) is 4.39 Å². The molecule has 108 valence electrons. The first-order chi connectivity index (χ1) is 9.52. The highest BCUT2D eigenvalue weighted by molar-refractivity contribution is 6.00. The molecule has 0 saturated carbocycles. The lowest BCUT2D eigenvalue weighted by molar-refractivity contribution is -0.122. The number of methoxy groups -OCH3 is 1. The number of hydrogen-bond donors (Lipinski definition) is 1. The van der Waals surface area contributed by atoms with Gasteiger partial charge in [0.25, 0.3) is 0 Å². The largest absolute Gasteiger partial charge is 0.496 e. The maximum Gasteiger partial charge on any atom is 0.234 e. The number of halogens is 1. The molecule has 1 heterocycles. The van der Waals surface area contributed by atoms with Crippen molar-refractivity contribution < 1.29 is 18.7 Å². The molecule has 1 unspecified atom stereocenters. The molecule has 0 aliphatic carbocycles. The molecule has 1 aliphatic rings. The van der Waals surface area contributed by atoms with Gasteiger partial charge < -0.3 is 10.5 Å². The van der Waals surface area contributed by atoms with Gasteiger partial charge in [-0.05, 0) is 37.6 Å².